The molecule has 3 N–H and O–H groups in total. The van der Waals surface area contributed by atoms with Gasteiger partial charge in [-0.05, 0) is 34.0 Å². The molecule has 1 aromatic heterocycles. The van der Waals surface area contributed by atoms with E-state index in [1.165, 1.54) is 0 Å². The molecule has 0 aromatic carbocycles. The molecule has 0 radical (unpaired) electrons. The van der Waals surface area contributed by atoms with Crippen LogP contribution in [0.4, 0.5) is 0 Å². The smallest absolute Gasteiger partial charge is 0.237 e. The van der Waals surface area contributed by atoms with E-state index in [1.807, 2.05) is 26.0 Å². The van der Waals surface area contributed by atoms with Gasteiger partial charge in [-0.2, -0.15) is 0 Å². The summed E-state index contributed by atoms with van der Waals surface area (Å²) in [6.45, 7) is 4.58. The number of hydrogen-bond donors (Lipinski definition) is 2. The van der Waals surface area contributed by atoms with Gasteiger partial charge >= 0.3 is 0 Å². The summed E-state index contributed by atoms with van der Waals surface area (Å²) in [6, 6.07) is 3.55. The largest absolute Gasteiger partial charge is 0.350 e. The van der Waals surface area contributed by atoms with Gasteiger partial charge in [-0.1, -0.05) is 20.3 Å². The summed E-state index contributed by atoms with van der Waals surface area (Å²) in [5.41, 5.74) is 5.82. The topological polar surface area (TPSA) is 55.1 Å². The number of thiophene rings is 1. The predicted molar refractivity (Wildman–Crippen MR) is 71.3 cm³/mol. The Kier molecular flexibility index (Phi) is 5.44. The minimum Gasteiger partial charge on any atom is -0.350 e. The van der Waals surface area contributed by atoms with E-state index in [1.54, 1.807) is 11.3 Å². The van der Waals surface area contributed by atoms with E-state index in [9.17, 15) is 4.79 Å². The van der Waals surface area contributed by atoms with Crippen molar-refractivity contribution in [1.82, 2.24) is 5.32 Å². The highest BCUT2D eigenvalue weighted by atomic mass is 79.9. The van der Waals surface area contributed by atoms with Gasteiger partial charge in [0.1, 0.15) is 0 Å². The van der Waals surface area contributed by atoms with Crippen LogP contribution in [0.2, 0.25) is 0 Å². The Balaban J connectivity index is 2.40. The molecule has 5 heteroatoms. The third kappa shape index (κ3) is 3.88. The van der Waals surface area contributed by atoms with Gasteiger partial charge in [0.15, 0.2) is 0 Å². The zero-order valence-electron chi connectivity index (χ0n) is 9.50. The first-order chi connectivity index (χ1) is 7.54. The lowest BCUT2D eigenvalue weighted by Crippen LogP contribution is -2.44. The maximum Gasteiger partial charge on any atom is 0.237 e. The number of hydrogen-bond acceptors (Lipinski definition) is 3. The average molecular weight is 305 g/mol. The van der Waals surface area contributed by atoms with E-state index in [4.69, 9.17) is 5.73 Å². The van der Waals surface area contributed by atoms with Crippen molar-refractivity contribution in [1.29, 1.82) is 0 Å². The predicted octanol–water partition coefficient (Wildman–Crippen LogP) is 2.50. The number of carbonyl (C=O) groups excluding carboxylic acids is 1. The fourth-order valence-corrected chi connectivity index (χ4v) is 2.67. The Morgan fingerprint density at radius 2 is 2.31 bits per heavy atom. The molecule has 2 atom stereocenters. The number of rotatable bonds is 5. The van der Waals surface area contributed by atoms with Crippen molar-refractivity contribution >= 4 is 33.2 Å². The molecule has 0 saturated carbocycles. The number of amides is 1. The molecule has 1 rings (SSSR count). The molecule has 0 aliphatic rings. The molecule has 1 aromatic rings. The molecule has 0 unspecified atom stereocenters. The Morgan fingerprint density at radius 3 is 2.81 bits per heavy atom. The average Bonchev–Trinajstić information content (AvgIpc) is 2.69. The molecule has 0 fully saturated rings. The van der Waals surface area contributed by atoms with Crippen LogP contribution in [0.3, 0.4) is 0 Å². The van der Waals surface area contributed by atoms with Crippen LogP contribution >= 0.6 is 27.3 Å². The van der Waals surface area contributed by atoms with Gasteiger partial charge in [-0.25, -0.2) is 0 Å². The number of halogens is 1. The third-order valence-corrected chi connectivity index (χ3v) is 4.25. The van der Waals surface area contributed by atoms with Crippen LogP contribution < -0.4 is 11.1 Å². The van der Waals surface area contributed by atoms with Gasteiger partial charge in [0.05, 0.1) is 16.4 Å². The van der Waals surface area contributed by atoms with Crippen molar-refractivity contribution in [3.05, 3.63) is 20.8 Å². The lowest BCUT2D eigenvalue weighted by Gasteiger charge is -2.17. The summed E-state index contributed by atoms with van der Waals surface area (Å²) < 4.78 is 1.07. The lowest BCUT2D eigenvalue weighted by atomic mass is 9.99. The van der Waals surface area contributed by atoms with Gasteiger partial charge in [-0.15, -0.1) is 11.3 Å². The van der Waals surface area contributed by atoms with Crippen molar-refractivity contribution in [2.75, 3.05) is 0 Å². The monoisotopic (exact) mass is 304 g/mol. The van der Waals surface area contributed by atoms with E-state index in [0.29, 0.717) is 6.54 Å². The molecular formula is C11H17BrN2OS. The van der Waals surface area contributed by atoms with E-state index in [0.717, 1.165) is 15.1 Å². The van der Waals surface area contributed by atoms with E-state index >= 15 is 0 Å². The fraction of sp³-hybridized carbons (Fsp3) is 0.545. The summed E-state index contributed by atoms with van der Waals surface area (Å²) in [5, 5.41) is 2.85. The molecule has 16 heavy (non-hydrogen) atoms. The first-order valence-corrected chi connectivity index (χ1v) is 6.93. The molecular weight excluding hydrogens is 288 g/mol. The van der Waals surface area contributed by atoms with E-state index in [-0.39, 0.29) is 11.8 Å². The minimum atomic E-state index is -0.409. The second kappa shape index (κ2) is 6.37. The van der Waals surface area contributed by atoms with Gasteiger partial charge in [0.2, 0.25) is 5.91 Å². The third-order valence-electron chi connectivity index (χ3n) is 2.63. The van der Waals surface area contributed by atoms with Crippen molar-refractivity contribution in [3.63, 3.8) is 0 Å². The molecule has 90 valence electrons. The van der Waals surface area contributed by atoms with Crippen molar-refractivity contribution in [2.24, 2.45) is 11.7 Å². The highest BCUT2D eigenvalue weighted by Gasteiger charge is 2.18. The molecule has 0 spiro atoms. The number of carbonyl (C=O) groups is 1. The molecule has 1 amide bonds. The second-order valence-electron chi connectivity index (χ2n) is 3.83. The first-order valence-electron chi connectivity index (χ1n) is 5.32. The highest BCUT2D eigenvalue weighted by Crippen LogP contribution is 2.21. The van der Waals surface area contributed by atoms with Crippen molar-refractivity contribution in [3.8, 4) is 0 Å². The summed E-state index contributed by atoms with van der Waals surface area (Å²) in [6.07, 6.45) is 0.916. The summed E-state index contributed by atoms with van der Waals surface area (Å²) in [7, 11) is 0. The number of nitrogens with one attached hydrogen (secondary N) is 1. The first kappa shape index (κ1) is 13.7. The van der Waals surface area contributed by atoms with Gasteiger partial charge in [-0.3, -0.25) is 4.79 Å². The van der Waals surface area contributed by atoms with Crippen molar-refractivity contribution < 1.29 is 4.79 Å². The maximum absolute atomic E-state index is 11.7. The molecule has 3 nitrogen and oxygen atoms in total. The van der Waals surface area contributed by atoms with Crippen LogP contribution in [-0.2, 0) is 11.3 Å². The fourth-order valence-electron chi connectivity index (χ4n) is 1.25. The number of nitrogens with two attached hydrogens (primary N) is 1. The normalized spacial score (nSPS) is 14.5. The Morgan fingerprint density at radius 1 is 1.62 bits per heavy atom. The van der Waals surface area contributed by atoms with Gasteiger partial charge < -0.3 is 11.1 Å². The van der Waals surface area contributed by atoms with Crippen LogP contribution in [-0.4, -0.2) is 11.9 Å². The minimum absolute atomic E-state index is 0.0705. The molecule has 0 saturated heterocycles. The zero-order chi connectivity index (χ0) is 12.1. The van der Waals surface area contributed by atoms with Crippen LogP contribution in [0, 0.1) is 5.92 Å². The Hall–Kier alpha value is -0.390. The Bertz CT molecular complexity index is 354. The van der Waals surface area contributed by atoms with Crippen LogP contribution in [0.25, 0.3) is 0 Å². The molecule has 1 heterocycles. The van der Waals surface area contributed by atoms with Crippen LogP contribution in [0.15, 0.2) is 15.9 Å². The van der Waals surface area contributed by atoms with Crippen LogP contribution in [0.5, 0.6) is 0 Å². The van der Waals surface area contributed by atoms with Crippen LogP contribution in [0.1, 0.15) is 25.1 Å². The molecule has 0 bridgehead atoms. The lowest BCUT2D eigenvalue weighted by molar-refractivity contribution is -0.123. The standard InChI is InChI=1S/C11H17BrN2OS/c1-3-7(2)10(13)11(15)14-6-8-4-5-9(12)16-8/h4-5,7,10H,3,6,13H2,1-2H3,(H,14,15)/t7-,10-/m0/s1. The quantitative estimate of drug-likeness (QED) is 0.878. The van der Waals surface area contributed by atoms with Crippen molar-refractivity contribution in [2.45, 2.75) is 32.9 Å². The van der Waals surface area contributed by atoms with E-state index < -0.39 is 6.04 Å². The second-order valence-corrected chi connectivity index (χ2v) is 6.38. The highest BCUT2D eigenvalue weighted by molar-refractivity contribution is 9.11. The summed E-state index contributed by atoms with van der Waals surface area (Å²) in [4.78, 5) is 12.8. The zero-order valence-corrected chi connectivity index (χ0v) is 11.9. The maximum atomic E-state index is 11.7. The van der Waals surface area contributed by atoms with Gasteiger partial charge in [0, 0.05) is 4.88 Å². The summed E-state index contributed by atoms with van der Waals surface area (Å²) in [5.74, 6) is 0.147. The SMILES string of the molecule is CC[C@H](C)[C@H](N)C(=O)NCc1ccc(Br)s1. The Labute approximate surface area is 109 Å². The van der Waals surface area contributed by atoms with E-state index in [2.05, 4.69) is 21.2 Å². The molecule has 0 aliphatic heterocycles. The summed E-state index contributed by atoms with van der Waals surface area (Å²) >= 11 is 5.00. The van der Waals surface area contributed by atoms with Gasteiger partial charge in [0.25, 0.3) is 0 Å². The molecule has 0 aliphatic carbocycles.